The molecule has 32 heavy (non-hydrogen) atoms. The molecule has 0 unspecified atom stereocenters. The first-order chi connectivity index (χ1) is 15.0. The van der Waals surface area contributed by atoms with Crippen LogP contribution in [0, 0.1) is 0 Å². The lowest BCUT2D eigenvalue weighted by Gasteiger charge is -2.29. The van der Waals surface area contributed by atoms with Gasteiger partial charge in [0.05, 0.1) is 12.4 Å². The minimum absolute atomic E-state index is 0.247. The number of H-pyrrole nitrogens is 1. The van der Waals surface area contributed by atoms with E-state index in [1.807, 2.05) is 27.7 Å². The SMILES string of the molecule is CC(C)(C)OC(=O)N1CCC[C@@](C)(Oc2cncc(Nc3cc(OC(F)F)n[nH]3)n2)CC1. The molecular formula is C20H28F2N6O4. The summed E-state index contributed by atoms with van der Waals surface area (Å²) in [6.07, 6.45) is 4.69. The zero-order chi connectivity index (χ0) is 23.4. The Labute approximate surface area is 184 Å². The van der Waals surface area contributed by atoms with Gasteiger partial charge in [-0.25, -0.2) is 4.79 Å². The van der Waals surface area contributed by atoms with Gasteiger partial charge >= 0.3 is 12.7 Å². The molecule has 2 aromatic heterocycles. The molecule has 0 saturated carbocycles. The summed E-state index contributed by atoms with van der Waals surface area (Å²) in [7, 11) is 0. The molecule has 2 aromatic rings. The highest BCUT2D eigenvalue weighted by atomic mass is 19.3. The molecule has 12 heteroatoms. The van der Waals surface area contributed by atoms with Crippen LogP contribution in [-0.4, -0.2) is 62.1 Å². The fourth-order valence-corrected chi connectivity index (χ4v) is 3.23. The normalized spacial score (nSPS) is 19.4. The van der Waals surface area contributed by atoms with Gasteiger partial charge in [0, 0.05) is 25.6 Å². The van der Waals surface area contributed by atoms with E-state index in [0.717, 1.165) is 12.8 Å². The molecule has 1 atom stereocenters. The molecule has 0 bridgehead atoms. The zero-order valence-electron chi connectivity index (χ0n) is 18.5. The van der Waals surface area contributed by atoms with E-state index in [1.54, 1.807) is 4.90 Å². The number of hydrogen-bond donors (Lipinski definition) is 2. The number of carbonyl (C=O) groups excluding carboxylic acids is 1. The Balaban J connectivity index is 1.60. The highest BCUT2D eigenvalue weighted by Crippen LogP contribution is 2.29. The summed E-state index contributed by atoms with van der Waals surface area (Å²) < 4.78 is 40.4. The number of aromatic amines is 1. The molecule has 1 aliphatic rings. The number of nitrogens with zero attached hydrogens (tertiary/aromatic N) is 4. The number of carbonyl (C=O) groups is 1. The van der Waals surface area contributed by atoms with Crippen molar-refractivity contribution in [1.29, 1.82) is 0 Å². The van der Waals surface area contributed by atoms with Crippen LogP contribution in [0.1, 0.15) is 47.0 Å². The average molecular weight is 454 g/mol. The van der Waals surface area contributed by atoms with Gasteiger partial charge in [-0.05, 0) is 40.5 Å². The Hall–Kier alpha value is -3.18. The number of likely N-dealkylation sites (tertiary alicyclic amines) is 1. The number of aromatic nitrogens is 4. The number of ether oxygens (including phenoxy) is 3. The van der Waals surface area contributed by atoms with Crippen molar-refractivity contribution in [3.8, 4) is 11.8 Å². The molecule has 176 valence electrons. The molecule has 0 radical (unpaired) electrons. The van der Waals surface area contributed by atoms with Gasteiger partial charge < -0.3 is 24.4 Å². The van der Waals surface area contributed by atoms with E-state index in [4.69, 9.17) is 9.47 Å². The zero-order valence-corrected chi connectivity index (χ0v) is 18.5. The van der Waals surface area contributed by atoms with Gasteiger partial charge in [-0.1, -0.05) is 0 Å². The number of anilines is 2. The third-order valence-electron chi connectivity index (χ3n) is 4.69. The van der Waals surface area contributed by atoms with Gasteiger partial charge in [0.25, 0.3) is 0 Å². The van der Waals surface area contributed by atoms with Crippen molar-refractivity contribution in [1.82, 2.24) is 25.1 Å². The third kappa shape index (κ3) is 6.92. The topological polar surface area (TPSA) is 114 Å². The lowest BCUT2D eigenvalue weighted by molar-refractivity contribution is -0.0528. The number of hydrogen-bond acceptors (Lipinski definition) is 8. The van der Waals surface area contributed by atoms with Crippen LogP contribution < -0.4 is 14.8 Å². The van der Waals surface area contributed by atoms with Gasteiger partial charge in [-0.2, -0.15) is 13.8 Å². The lowest BCUT2D eigenvalue weighted by atomic mass is 9.97. The number of alkyl halides is 2. The van der Waals surface area contributed by atoms with E-state index in [1.165, 1.54) is 18.5 Å². The smallest absolute Gasteiger partial charge is 0.410 e. The summed E-state index contributed by atoms with van der Waals surface area (Å²) in [5, 5.41) is 9.03. The summed E-state index contributed by atoms with van der Waals surface area (Å²) in [6, 6.07) is 1.28. The Bertz CT molecular complexity index is 919. The molecule has 1 aliphatic heterocycles. The number of halogens is 2. The highest BCUT2D eigenvalue weighted by Gasteiger charge is 2.33. The van der Waals surface area contributed by atoms with Crippen molar-refractivity contribution >= 4 is 17.7 Å². The summed E-state index contributed by atoms with van der Waals surface area (Å²) in [6.45, 7) is 5.61. The first-order valence-electron chi connectivity index (χ1n) is 10.3. The van der Waals surface area contributed by atoms with E-state index in [9.17, 15) is 13.6 Å². The lowest BCUT2D eigenvalue weighted by Crippen LogP contribution is -2.39. The van der Waals surface area contributed by atoms with Crippen LogP contribution in [0.15, 0.2) is 18.5 Å². The second-order valence-corrected chi connectivity index (χ2v) is 8.74. The Morgan fingerprint density at radius 1 is 1.25 bits per heavy atom. The fraction of sp³-hybridized carbons (Fsp3) is 0.600. The van der Waals surface area contributed by atoms with Crippen molar-refractivity contribution in [3.63, 3.8) is 0 Å². The fourth-order valence-electron chi connectivity index (χ4n) is 3.23. The highest BCUT2D eigenvalue weighted by molar-refractivity contribution is 5.68. The van der Waals surface area contributed by atoms with Gasteiger partial charge in [-0.3, -0.25) is 10.1 Å². The van der Waals surface area contributed by atoms with E-state index < -0.39 is 17.8 Å². The molecular weight excluding hydrogens is 426 g/mol. The quantitative estimate of drug-likeness (QED) is 0.670. The van der Waals surface area contributed by atoms with E-state index in [2.05, 4.69) is 30.2 Å². The molecule has 3 rings (SSSR count). The molecule has 2 N–H and O–H groups in total. The first-order valence-corrected chi connectivity index (χ1v) is 10.3. The minimum atomic E-state index is -2.96. The molecule has 1 fully saturated rings. The third-order valence-corrected chi connectivity index (χ3v) is 4.69. The molecule has 0 spiro atoms. The van der Waals surface area contributed by atoms with Crippen LogP contribution >= 0.6 is 0 Å². The van der Waals surface area contributed by atoms with Crippen molar-refractivity contribution in [3.05, 3.63) is 18.5 Å². The maximum absolute atomic E-state index is 12.4. The van der Waals surface area contributed by atoms with Gasteiger partial charge in [0.15, 0.2) is 5.82 Å². The maximum atomic E-state index is 12.4. The van der Waals surface area contributed by atoms with Crippen LogP contribution in [0.2, 0.25) is 0 Å². The predicted molar refractivity (Wildman–Crippen MR) is 111 cm³/mol. The van der Waals surface area contributed by atoms with Gasteiger partial charge in [0.1, 0.15) is 17.0 Å². The molecule has 0 aromatic carbocycles. The van der Waals surface area contributed by atoms with Crippen LogP contribution in [0.3, 0.4) is 0 Å². The van der Waals surface area contributed by atoms with E-state index in [0.29, 0.717) is 37.0 Å². The summed E-state index contributed by atoms with van der Waals surface area (Å²) in [5.74, 6) is 0.693. The van der Waals surface area contributed by atoms with Crippen molar-refractivity contribution in [2.24, 2.45) is 0 Å². The predicted octanol–water partition coefficient (Wildman–Crippen LogP) is 4.10. The van der Waals surface area contributed by atoms with E-state index in [-0.39, 0.29) is 12.0 Å². The monoisotopic (exact) mass is 454 g/mol. The number of nitrogens with one attached hydrogen (secondary N) is 2. The minimum Gasteiger partial charge on any atom is -0.470 e. The first kappa shape index (κ1) is 23.5. The van der Waals surface area contributed by atoms with Crippen LogP contribution in [0.4, 0.5) is 25.2 Å². The standard InChI is InChI=1S/C20H28F2N6O4/c1-19(2,3)32-18(29)28-8-5-6-20(4,7-9-28)31-16-12-23-11-14(25-16)24-13-10-15(27-26-13)30-17(21)22/h10-12,17H,5-9H2,1-4H3,(H2,24,25,26,27)/t20-/m1/s1. The summed E-state index contributed by atoms with van der Waals surface area (Å²) >= 11 is 0. The molecule has 0 aliphatic carbocycles. The molecule has 10 nitrogen and oxygen atoms in total. The Kier molecular flexibility index (Phi) is 6.99. The summed E-state index contributed by atoms with van der Waals surface area (Å²) in [4.78, 5) is 22.6. The second-order valence-electron chi connectivity index (χ2n) is 8.74. The average Bonchev–Trinajstić information content (AvgIpc) is 2.99. The number of rotatable bonds is 6. The number of amides is 1. The Morgan fingerprint density at radius 3 is 2.75 bits per heavy atom. The van der Waals surface area contributed by atoms with Crippen molar-refractivity contribution in [2.45, 2.75) is 64.8 Å². The van der Waals surface area contributed by atoms with E-state index >= 15 is 0 Å². The summed E-state index contributed by atoms with van der Waals surface area (Å²) in [5.41, 5.74) is -1.09. The van der Waals surface area contributed by atoms with Gasteiger partial charge in [-0.15, -0.1) is 5.10 Å². The molecule has 3 heterocycles. The van der Waals surface area contributed by atoms with Crippen molar-refractivity contribution in [2.75, 3.05) is 18.4 Å². The maximum Gasteiger partial charge on any atom is 0.410 e. The molecule has 1 amide bonds. The van der Waals surface area contributed by atoms with Crippen LogP contribution in [-0.2, 0) is 4.74 Å². The van der Waals surface area contributed by atoms with Crippen molar-refractivity contribution < 1.29 is 27.8 Å². The molecule has 1 saturated heterocycles. The Morgan fingerprint density at radius 2 is 2.03 bits per heavy atom. The largest absolute Gasteiger partial charge is 0.470 e. The van der Waals surface area contributed by atoms with Crippen LogP contribution in [0.25, 0.3) is 0 Å². The second kappa shape index (κ2) is 9.53. The van der Waals surface area contributed by atoms with Gasteiger partial charge in [0.2, 0.25) is 11.8 Å². The van der Waals surface area contributed by atoms with Crippen LogP contribution in [0.5, 0.6) is 11.8 Å².